The van der Waals surface area contributed by atoms with Crippen molar-refractivity contribution in [2.24, 2.45) is 5.73 Å². The molecule has 0 amide bonds. The van der Waals surface area contributed by atoms with E-state index >= 15 is 0 Å². The highest BCUT2D eigenvalue weighted by atomic mass is 15.0. The Labute approximate surface area is 84.1 Å². The number of hydrogen-bond donors (Lipinski definition) is 2. The molecule has 0 saturated carbocycles. The number of nitrogen functional groups attached to an aromatic ring is 1. The molecule has 1 aromatic rings. The molecule has 1 heterocycles. The van der Waals surface area contributed by atoms with E-state index in [0.717, 1.165) is 11.3 Å². The molecule has 0 saturated heterocycles. The van der Waals surface area contributed by atoms with Crippen molar-refractivity contribution in [1.82, 2.24) is 9.97 Å². The first-order valence-corrected chi connectivity index (χ1v) is 4.40. The SMILES string of the molecule is C=C(N)c1cnc(N)nc1C(C)(C)C. The summed E-state index contributed by atoms with van der Waals surface area (Å²) < 4.78 is 0. The summed E-state index contributed by atoms with van der Waals surface area (Å²) in [5.74, 6) is 0.264. The van der Waals surface area contributed by atoms with Crippen LogP contribution < -0.4 is 11.5 Å². The maximum absolute atomic E-state index is 5.65. The Kier molecular flexibility index (Phi) is 2.47. The Morgan fingerprint density at radius 3 is 2.43 bits per heavy atom. The molecule has 4 heteroatoms. The van der Waals surface area contributed by atoms with Crippen LogP contribution in [0.15, 0.2) is 12.8 Å². The average molecular weight is 192 g/mol. The maximum atomic E-state index is 5.65. The second kappa shape index (κ2) is 3.29. The molecular weight excluding hydrogens is 176 g/mol. The van der Waals surface area contributed by atoms with Gasteiger partial charge in [0.15, 0.2) is 0 Å². The molecule has 0 radical (unpaired) electrons. The minimum atomic E-state index is -0.116. The first-order valence-electron chi connectivity index (χ1n) is 4.40. The molecule has 4 N–H and O–H groups in total. The fourth-order valence-electron chi connectivity index (χ4n) is 1.20. The molecule has 0 aliphatic carbocycles. The molecule has 1 rings (SSSR count). The molecule has 0 aliphatic heterocycles. The molecule has 0 bridgehead atoms. The van der Waals surface area contributed by atoms with Crippen molar-refractivity contribution in [2.75, 3.05) is 5.73 Å². The number of nitrogens with zero attached hydrogens (tertiary/aromatic N) is 2. The van der Waals surface area contributed by atoms with Crippen molar-refractivity contribution in [3.05, 3.63) is 24.0 Å². The van der Waals surface area contributed by atoms with Gasteiger partial charge in [-0.2, -0.15) is 0 Å². The summed E-state index contributed by atoms with van der Waals surface area (Å²) in [5, 5.41) is 0. The predicted molar refractivity (Wildman–Crippen MR) is 58.4 cm³/mol. The van der Waals surface area contributed by atoms with Gasteiger partial charge in [-0.1, -0.05) is 27.4 Å². The third-order valence-corrected chi connectivity index (χ3v) is 1.86. The third kappa shape index (κ3) is 2.02. The molecule has 0 spiro atoms. The van der Waals surface area contributed by atoms with Crippen molar-refractivity contribution >= 4 is 11.6 Å². The Hall–Kier alpha value is -1.58. The van der Waals surface area contributed by atoms with Gasteiger partial charge in [-0.15, -0.1) is 0 Å². The van der Waals surface area contributed by atoms with Crippen LogP contribution in [0.4, 0.5) is 5.95 Å². The van der Waals surface area contributed by atoms with E-state index in [1.54, 1.807) is 6.20 Å². The molecule has 0 unspecified atom stereocenters. The monoisotopic (exact) mass is 192 g/mol. The standard InChI is InChI=1S/C10H16N4/c1-6(11)7-5-13-9(12)14-8(7)10(2,3)4/h5H,1,11H2,2-4H3,(H2,12,13,14). The molecule has 4 nitrogen and oxygen atoms in total. The van der Waals surface area contributed by atoms with Crippen LogP contribution in [0.5, 0.6) is 0 Å². The number of aromatic nitrogens is 2. The molecule has 76 valence electrons. The topological polar surface area (TPSA) is 77.8 Å². The van der Waals surface area contributed by atoms with Crippen LogP contribution >= 0.6 is 0 Å². The van der Waals surface area contributed by atoms with Crippen LogP contribution in [-0.2, 0) is 5.41 Å². The number of rotatable bonds is 1. The van der Waals surface area contributed by atoms with E-state index in [2.05, 4.69) is 16.5 Å². The Balaban J connectivity index is 3.38. The Bertz CT molecular complexity index is 363. The highest BCUT2D eigenvalue weighted by Gasteiger charge is 2.21. The quantitative estimate of drug-likeness (QED) is 0.702. The Morgan fingerprint density at radius 1 is 1.43 bits per heavy atom. The van der Waals surface area contributed by atoms with Crippen LogP contribution in [0.3, 0.4) is 0 Å². The normalized spacial score (nSPS) is 11.4. The van der Waals surface area contributed by atoms with Crippen molar-refractivity contribution in [3.63, 3.8) is 0 Å². The lowest BCUT2D eigenvalue weighted by atomic mass is 9.88. The minimum absolute atomic E-state index is 0.116. The van der Waals surface area contributed by atoms with Gasteiger partial charge in [-0.05, 0) is 0 Å². The fourth-order valence-corrected chi connectivity index (χ4v) is 1.20. The van der Waals surface area contributed by atoms with Gasteiger partial charge in [0.05, 0.1) is 5.69 Å². The van der Waals surface area contributed by atoms with Crippen molar-refractivity contribution in [1.29, 1.82) is 0 Å². The molecule has 1 aromatic heterocycles. The summed E-state index contributed by atoms with van der Waals surface area (Å²) in [6.45, 7) is 9.81. The molecule has 14 heavy (non-hydrogen) atoms. The van der Waals surface area contributed by atoms with Crippen molar-refractivity contribution in [2.45, 2.75) is 26.2 Å². The van der Waals surface area contributed by atoms with E-state index in [0.29, 0.717) is 5.70 Å². The lowest BCUT2D eigenvalue weighted by Crippen LogP contribution is -2.19. The van der Waals surface area contributed by atoms with Gasteiger partial charge < -0.3 is 11.5 Å². The van der Waals surface area contributed by atoms with Crippen LogP contribution in [0, 0.1) is 0 Å². The largest absolute Gasteiger partial charge is 0.399 e. The fraction of sp³-hybridized carbons (Fsp3) is 0.400. The zero-order valence-corrected chi connectivity index (χ0v) is 8.83. The predicted octanol–water partition coefficient (Wildman–Crippen LogP) is 1.29. The van der Waals surface area contributed by atoms with E-state index in [-0.39, 0.29) is 11.4 Å². The van der Waals surface area contributed by atoms with E-state index in [1.807, 2.05) is 20.8 Å². The molecule has 0 aliphatic rings. The summed E-state index contributed by atoms with van der Waals surface area (Å²) in [6, 6.07) is 0. The van der Waals surface area contributed by atoms with Gasteiger partial charge in [0, 0.05) is 22.9 Å². The second-order valence-corrected chi connectivity index (χ2v) is 4.27. The van der Waals surface area contributed by atoms with Crippen LogP contribution in [0.1, 0.15) is 32.0 Å². The highest BCUT2D eigenvalue weighted by Crippen LogP contribution is 2.26. The summed E-state index contributed by atoms with van der Waals surface area (Å²) in [7, 11) is 0. The summed E-state index contributed by atoms with van der Waals surface area (Å²) in [6.07, 6.45) is 1.62. The van der Waals surface area contributed by atoms with Gasteiger partial charge in [0.25, 0.3) is 0 Å². The van der Waals surface area contributed by atoms with Crippen LogP contribution in [-0.4, -0.2) is 9.97 Å². The van der Waals surface area contributed by atoms with E-state index in [4.69, 9.17) is 11.5 Å². The zero-order valence-electron chi connectivity index (χ0n) is 8.83. The lowest BCUT2D eigenvalue weighted by molar-refractivity contribution is 0.566. The van der Waals surface area contributed by atoms with Gasteiger partial charge in [-0.3, -0.25) is 0 Å². The van der Waals surface area contributed by atoms with Crippen LogP contribution in [0.25, 0.3) is 5.70 Å². The van der Waals surface area contributed by atoms with Crippen LogP contribution in [0.2, 0.25) is 0 Å². The second-order valence-electron chi connectivity index (χ2n) is 4.27. The van der Waals surface area contributed by atoms with E-state index in [1.165, 1.54) is 0 Å². The smallest absolute Gasteiger partial charge is 0.220 e. The first kappa shape index (κ1) is 10.5. The first-order chi connectivity index (χ1) is 6.32. The van der Waals surface area contributed by atoms with Gasteiger partial charge >= 0.3 is 0 Å². The molecular formula is C10H16N4. The van der Waals surface area contributed by atoms with Gasteiger partial charge in [-0.25, -0.2) is 9.97 Å². The third-order valence-electron chi connectivity index (χ3n) is 1.86. The number of anilines is 1. The number of nitrogens with two attached hydrogens (primary N) is 2. The highest BCUT2D eigenvalue weighted by molar-refractivity contribution is 5.63. The minimum Gasteiger partial charge on any atom is -0.399 e. The maximum Gasteiger partial charge on any atom is 0.220 e. The summed E-state index contributed by atoms with van der Waals surface area (Å²) in [5.41, 5.74) is 13.1. The van der Waals surface area contributed by atoms with Crippen molar-refractivity contribution < 1.29 is 0 Å². The van der Waals surface area contributed by atoms with Crippen molar-refractivity contribution in [3.8, 4) is 0 Å². The molecule has 0 atom stereocenters. The molecule has 0 fully saturated rings. The Morgan fingerprint density at radius 2 is 2.00 bits per heavy atom. The van der Waals surface area contributed by atoms with E-state index < -0.39 is 0 Å². The summed E-state index contributed by atoms with van der Waals surface area (Å²) in [4.78, 5) is 8.09. The van der Waals surface area contributed by atoms with Gasteiger partial charge in [0.1, 0.15) is 0 Å². The summed E-state index contributed by atoms with van der Waals surface area (Å²) >= 11 is 0. The molecule has 0 aromatic carbocycles. The van der Waals surface area contributed by atoms with E-state index in [9.17, 15) is 0 Å². The lowest BCUT2D eigenvalue weighted by Gasteiger charge is -2.21. The average Bonchev–Trinajstić information content (AvgIpc) is 2.01. The van der Waals surface area contributed by atoms with Gasteiger partial charge in [0.2, 0.25) is 5.95 Å². The number of hydrogen-bond acceptors (Lipinski definition) is 4. The zero-order chi connectivity index (χ0) is 10.9.